The Morgan fingerprint density at radius 1 is 1.42 bits per heavy atom. The average Bonchev–Trinajstić information content (AvgIpc) is 2.39. The lowest BCUT2D eigenvalue weighted by Gasteiger charge is -2.38. The van der Waals surface area contributed by atoms with Crippen LogP contribution in [0.5, 0.6) is 0 Å². The van der Waals surface area contributed by atoms with Gasteiger partial charge in [0.05, 0.1) is 0 Å². The standard InChI is InChI=1S/C14H25N5/c1-4-7-16-12-9-13(18-14(15)17-12)19-8-5-6-10(2)11(19)3/h9-11H,4-8H2,1-3H3,(H3,15,16,17,18). The third-order valence-corrected chi connectivity index (χ3v) is 3.95. The summed E-state index contributed by atoms with van der Waals surface area (Å²) in [6.07, 6.45) is 3.57. The minimum atomic E-state index is 0.349. The van der Waals surface area contributed by atoms with Crippen molar-refractivity contribution in [1.29, 1.82) is 0 Å². The van der Waals surface area contributed by atoms with Crippen LogP contribution in [0.2, 0.25) is 0 Å². The molecule has 0 saturated carbocycles. The van der Waals surface area contributed by atoms with Gasteiger partial charge in [-0.3, -0.25) is 0 Å². The van der Waals surface area contributed by atoms with Crippen molar-refractivity contribution in [3.05, 3.63) is 6.07 Å². The van der Waals surface area contributed by atoms with Crippen molar-refractivity contribution in [1.82, 2.24) is 9.97 Å². The highest BCUT2D eigenvalue weighted by Gasteiger charge is 2.26. The Hall–Kier alpha value is -1.52. The Morgan fingerprint density at radius 2 is 2.21 bits per heavy atom. The Labute approximate surface area is 115 Å². The van der Waals surface area contributed by atoms with Crippen LogP contribution in [0.1, 0.15) is 40.0 Å². The van der Waals surface area contributed by atoms with Crippen LogP contribution >= 0.6 is 0 Å². The van der Waals surface area contributed by atoms with Crippen molar-refractivity contribution < 1.29 is 0 Å². The molecule has 5 nitrogen and oxygen atoms in total. The van der Waals surface area contributed by atoms with E-state index in [1.54, 1.807) is 0 Å². The normalized spacial score (nSPS) is 23.4. The monoisotopic (exact) mass is 263 g/mol. The minimum absolute atomic E-state index is 0.349. The highest BCUT2D eigenvalue weighted by molar-refractivity contribution is 5.53. The number of anilines is 3. The first kappa shape index (κ1) is 13.9. The van der Waals surface area contributed by atoms with Gasteiger partial charge in [-0.05, 0) is 32.1 Å². The van der Waals surface area contributed by atoms with Crippen LogP contribution in [0.25, 0.3) is 0 Å². The lowest BCUT2D eigenvalue weighted by Crippen LogP contribution is -2.43. The number of hydrogen-bond donors (Lipinski definition) is 2. The molecule has 2 rings (SSSR count). The van der Waals surface area contributed by atoms with E-state index in [0.717, 1.165) is 31.1 Å². The number of nitrogens with two attached hydrogens (primary N) is 1. The number of aromatic nitrogens is 2. The van der Waals surface area contributed by atoms with E-state index in [1.807, 2.05) is 6.07 Å². The second-order valence-electron chi connectivity index (χ2n) is 5.45. The molecule has 1 aliphatic heterocycles. The highest BCUT2D eigenvalue weighted by atomic mass is 15.2. The third kappa shape index (κ3) is 3.28. The van der Waals surface area contributed by atoms with E-state index in [9.17, 15) is 0 Å². The molecule has 0 aromatic carbocycles. The van der Waals surface area contributed by atoms with Crippen LogP contribution in [0.3, 0.4) is 0 Å². The molecule has 0 amide bonds. The van der Waals surface area contributed by atoms with Crippen LogP contribution in [0.4, 0.5) is 17.6 Å². The van der Waals surface area contributed by atoms with Gasteiger partial charge < -0.3 is 16.0 Å². The van der Waals surface area contributed by atoms with E-state index in [0.29, 0.717) is 17.9 Å². The van der Waals surface area contributed by atoms with Crippen molar-refractivity contribution in [2.75, 3.05) is 29.0 Å². The van der Waals surface area contributed by atoms with Crippen molar-refractivity contribution in [3.63, 3.8) is 0 Å². The summed E-state index contributed by atoms with van der Waals surface area (Å²) in [4.78, 5) is 11.0. The molecule has 1 aliphatic rings. The topological polar surface area (TPSA) is 67.1 Å². The fourth-order valence-corrected chi connectivity index (χ4v) is 2.60. The molecule has 0 radical (unpaired) electrons. The van der Waals surface area contributed by atoms with Gasteiger partial charge in [-0.15, -0.1) is 0 Å². The fourth-order valence-electron chi connectivity index (χ4n) is 2.60. The second-order valence-corrected chi connectivity index (χ2v) is 5.45. The lowest BCUT2D eigenvalue weighted by molar-refractivity contribution is 0.361. The number of nitrogens with one attached hydrogen (secondary N) is 1. The van der Waals surface area contributed by atoms with Gasteiger partial charge in [-0.2, -0.15) is 9.97 Å². The Morgan fingerprint density at radius 3 is 2.95 bits per heavy atom. The summed E-state index contributed by atoms with van der Waals surface area (Å²) in [7, 11) is 0. The number of hydrogen-bond acceptors (Lipinski definition) is 5. The van der Waals surface area contributed by atoms with Gasteiger partial charge in [0.2, 0.25) is 5.95 Å². The van der Waals surface area contributed by atoms with Gasteiger partial charge >= 0.3 is 0 Å². The van der Waals surface area contributed by atoms with Crippen LogP contribution < -0.4 is 16.0 Å². The van der Waals surface area contributed by atoms with Crippen molar-refractivity contribution in [3.8, 4) is 0 Å². The first-order chi connectivity index (χ1) is 9.11. The largest absolute Gasteiger partial charge is 0.370 e. The maximum Gasteiger partial charge on any atom is 0.223 e. The van der Waals surface area contributed by atoms with E-state index >= 15 is 0 Å². The maximum atomic E-state index is 5.83. The zero-order valence-electron chi connectivity index (χ0n) is 12.2. The molecule has 3 N–H and O–H groups in total. The highest BCUT2D eigenvalue weighted by Crippen LogP contribution is 2.28. The van der Waals surface area contributed by atoms with Crippen LogP contribution in [0, 0.1) is 5.92 Å². The summed E-state index contributed by atoms with van der Waals surface area (Å²) in [5.74, 6) is 2.82. The molecular formula is C14H25N5. The Bertz CT molecular complexity index is 420. The zero-order chi connectivity index (χ0) is 13.8. The van der Waals surface area contributed by atoms with Gasteiger partial charge in [0, 0.05) is 25.2 Å². The van der Waals surface area contributed by atoms with E-state index in [2.05, 4.69) is 41.0 Å². The molecule has 2 unspecified atom stereocenters. The molecule has 19 heavy (non-hydrogen) atoms. The molecule has 0 aliphatic carbocycles. The predicted octanol–water partition coefficient (Wildman–Crippen LogP) is 2.51. The maximum absolute atomic E-state index is 5.83. The number of nitrogens with zero attached hydrogens (tertiary/aromatic N) is 3. The van der Waals surface area contributed by atoms with Gasteiger partial charge in [-0.1, -0.05) is 13.8 Å². The summed E-state index contributed by atoms with van der Waals surface area (Å²) in [6, 6.07) is 2.52. The van der Waals surface area contributed by atoms with Gasteiger partial charge in [0.1, 0.15) is 11.6 Å². The van der Waals surface area contributed by atoms with Crippen LogP contribution in [0.15, 0.2) is 6.07 Å². The summed E-state index contributed by atoms with van der Waals surface area (Å²) < 4.78 is 0. The Kier molecular flexibility index (Phi) is 4.45. The van der Waals surface area contributed by atoms with Crippen LogP contribution in [-0.4, -0.2) is 29.1 Å². The van der Waals surface area contributed by atoms with Crippen LogP contribution in [-0.2, 0) is 0 Å². The molecule has 2 atom stereocenters. The second kappa shape index (κ2) is 6.08. The first-order valence-electron chi connectivity index (χ1n) is 7.27. The van der Waals surface area contributed by atoms with Crippen molar-refractivity contribution >= 4 is 17.6 Å². The summed E-state index contributed by atoms with van der Waals surface area (Å²) in [5.41, 5.74) is 5.83. The van der Waals surface area contributed by atoms with E-state index in [-0.39, 0.29) is 0 Å². The lowest BCUT2D eigenvalue weighted by atomic mass is 9.92. The predicted molar refractivity (Wildman–Crippen MR) is 80.4 cm³/mol. The van der Waals surface area contributed by atoms with E-state index < -0.39 is 0 Å². The van der Waals surface area contributed by atoms with Gasteiger partial charge in [0.25, 0.3) is 0 Å². The molecule has 0 spiro atoms. The first-order valence-corrected chi connectivity index (χ1v) is 7.27. The average molecular weight is 263 g/mol. The molecule has 1 aromatic rings. The minimum Gasteiger partial charge on any atom is -0.370 e. The zero-order valence-corrected chi connectivity index (χ0v) is 12.2. The molecule has 5 heteroatoms. The molecule has 0 bridgehead atoms. The molecule has 106 valence electrons. The molecular weight excluding hydrogens is 238 g/mol. The molecule has 1 saturated heterocycles. The quantitative estimate of drug-likeness (QED) is 0.873. The fraction of sp³-hybridized carbons (Fsp3) is 0.714. The molecule has 2 heterocycles. The molecule has 1 aromatic heterocycles. The smallest absolute Gasteiger partial charge is 0.223 e. The SMILES string of the molecule is CCCNc1cc(N2CCCC(C)C2C)nc(N)n1. The van der Waals surface area contributed by atoms with Crippen molar-refractivity contribution in [2.24, 2.45) is 5.92 Å². The van der Waals surface area contributed by atoms with Gasteiger partial charge in [0.15, 0.2) is 0 Å². The summed E-state index contributed by atoms with van der Waals surface area (Å²) in [6.45, 7) is 8.66. The van der Waals surface area contributed by atoms with Gasteiger partial charge in [-0.25, -0.2) is 0 Å². The number of rotatable bonds is 4. The third-order valence-electron chi connectivity index (χ3n) is 3.95. The van der Waals surface area contributed by atoms with E-state index in [1.165, 1.54) is 12.8 Å². The van der Waals surface area contributed by atoms with Crippen molar-refractivity contribution in [2.45, 2.75) is 46.1 Å². The summed E-state index contributed by atoms with van der Waals surface area (Å²) >= 11 is 0. The van der Waals surface area contributed by atoms with E-state index in [4.69, 9.17) is 5.73 Å². The number of piperidine rings is 1. The summed E-state index contributed by atoms with van der Waals surface area (Å²) in [5, 5.41) is 3.28. The molecule has 1 fully saturated rings. The number of nitrogen functional groups attached to an aromatic ring is 1. The Balaban J connectivity index is 2.20.